The minimum atomic E-state index is 0.262. The molecule has 1 unspecified atom stereocenters. The first-order valence-electron chi connectivity index (χ1n) is 11.2. The first kappa shape index (κ1) is 21.2. The van der Waals surface area contributed by atoms with E-state index in [-0.39, 0.29) is 5.92 Å². The number of rotatable bonds is 9. The molecule has 1 heteroatoms. The Hall–Kier alpha value is -2.54. The Balaban J connectivity index is 1.98. The zero-order valence-corrected chi connectivity index (χ0v) is 18.4. The lowest BCUT2D eigenvalue weighted by Crippen LogP contribution is -2.21. The number of nitrogens with zero attached hydrogens (tertiary/aromatic N) is 1. The van der Waals surface area contributed by atoms with Crippen LogP contribution in [0.5, 0.6) is 0 Å². The highest BCUT2D eigenvalue weighted by Gasteiger charge is 2.18. The van der Waals surface area contributed by atoms with Crippen LogP contribution in [0.1, 0.15) is 74.6 Å². The molecular weight excluding hydrogens is 350 g/mol. The molecule has 0 aliphatic carbocycles. The number of hydrogen-bond donors (Lipinski definition) is 0. The lowest BCUT2D eigenvalue weighted by Gasteiger charge is -2.24. The fourth-order valence-electron chi connectivity index (χ4n) is 4.41. The minimum absolute atomic E-state index is 0.262. The van der Waals surface area contributed by atoms with Crippen molar-refractivity contribution in [3.8, 4) is 0 Å². The van der Waals surface area contributed by atoms with Gasteiger partial charge in [-0.1, -0.05) is 80.6 Å². The summed E-state index contributed by atoms with van der Waals surface area (Å²) in [4.78, 5) is 2.39. The number of anilines is 1. The molecule has 1 nitrogen and oxygen atoms in total. The third kappa shape index (κ3) is 4.90. The maximum Gasteiger partial charge on any atom is 0.0366 e. The van der Waals surface area contributed by atoms with Gasteiger partial charge in [-0.15, -0.1) is 0 Å². The lowest BCUT2D eigenvalue weighted by molar-refractivity contribution is 0.641. The van der Waals surface area contributed by atoms with E-state index in [0.717, 1.165) is 13.1 Å². The number of hydrogen-bond acceptors (Lipinski definition) is 1. The maximum absolute atomic E-state index is 2.39. The van der Waals surface area contributed by atoms with Crippen LogP contribution in [0.3, 0.4) is 0 Å². The molecule has 0 fully saturated rings. The molecule has 0 N–H and O–H groups in total. The van der Waals surface area contributed by atoms with Crippen LogP contribution in [0.25, 0.3) is 0 Å². The predicted octanol–water partition coefficient (Wildman–Crippen LogP) is 7.62. The summed E-state index contributed by atoms with van der Waals surface area (Å²) < 4.78 is 0. The smallest absolute Gasteiger partial charge is 0.0366 e. The first-order valence-corrected chi connectivity index (χ1v) is 11.2. The van der Waals surface area contributed by atoms with E-state index in [9.17, 15) is 0 Å². The van der Waals surface area contributed by atoms with Crippen LogP contribution in [0.15, 0.2) is 78.9 Å². The summed E-state index contributed by atoms with van der Waals surface area (Å²) in [6.45, 7) is 11.1. The highest BCUT2D eigenvalue weighted by atomic mass is 15.1. The van der Waals surface area contributed by atoms with Gasteiger partial charge in [-0.2, -0.15) is 0 Å². The molecule has 0 saturated heterocycles. The second-order valence-corrected chi connectivity index (χ2v) is 7.79. The molecule has 0 amide bonds. The lowest BCUT2D eigenvalue weighted by atomic mass is 9.83. The van der Waals surface area contributed by atoms with Gasteiger partial charge in [0, 0.05) is 24.7 Å². The Morgan fingerprint density at radius 3 is 1.48 bits per heavy atom. The van der Waals surface area contributed by atoms with Crippen LogP contribution in [-0.2, 0) is 0 Å². The minimum Gasteiger partial charge on any atom is -0.372 e. The van der Waals surface area contributed by atoms with Gasteiger partial charge in [0.2, 0.25) is 0 Å². The Morgan fingerprint density at radius 2 is 1.00 bits per heavy atom. The van der Waals surface area contributed by atoms with Gasteiger partial charge >= 0.3 is 0 Å². The van der Waals surface area contributed by atoms with Crippen LogP contribution < -0.4 is 4.90 Å². The average molecular weight is 386 g/mol. The summed E-state index contributed by atoms with van der Waals surface area (Å²) in [5.74, 6) is 0.922. The third-order valence-electron chi connectivity index (χ3n) is 6.21. The van der Waals surface area contributed by atoms with Gasteiger partial charge in [0.1, 0.15) is 0 Å². The summed E-state index contributed by atoms with van der Waals surface area (Å²) in [6.07, 6.45) is 2.40. The maximum atomic E-state index is 2.39. The zero-order valence-electron chi connectivity index (χ0n) is 18.4. The van der Waals surface area contributed by atoms with Gasteiger partial charge in [0.15, 0.2) is 0 Å². The summed E-state index contributed by atoms with van der Waals surface area (Å²) in [5, 5.41) is 0. The van der Waals surface area contributed by atoms with Crippen molar-refractivity contribution in [2.24, 2.45) is 0 Å². The normalized spacial score (nSPS) is 12.2. The van der Waals surface area contributed by atoms with Gasteiger partial charge in [0.05, 0.1) is 0 Å². The van der Waals surface area contributed by atoms with Crippen molar-refractivity contribution in [3.05, 3.63) is 101 Å². The molecule has 3 aromatic rings. The largest absolute Gasteiger partial charge is 0.372 e. The monoisotopic (exact) mass is 385 g/mol. The molecule has 0 spiro atoms. The molecule has 152 valence electrons. The fourth-order valence-corrected chi connectivity index (χ4v) is 4.41. The van der Waals surface area contributed by atoms with Crippen molar-refractivity contribution in [1.82, 2.24) is 0 Å². The van der Waals surface area contributed by atoms with Crippen molar-refractivity contribution in [1.29, 1.82) is 0 Å². The van der Waals surface area contributed by atoms with Crippen LogP contribution in [0, 0.1) is 0 Å². The summed E-state index contributed by atoms with van der Waals surface area (Å²) in [5.41, 5.74) is 6.82. The van der Waals surface area contributed by atoms with E-state index in [4.69, 9.17) is 0 Å². The Kier molecular flexibility index (Phi) is 7.52. The molecule has 0 aliphatic rings. The first-order chi connectivity index (χ1) is 14.2. The molecule has 0 aliphatic heterocycles. The molecule has 1 atom stereocenters. The van der Waals surface area contributed by atoms with E-state index in [1.165, 1.54) is 40.8 Å². The second kappa shape index (κ2) is 10.3. The predicted molar refractivity (Wildman–Crippen MR) is 127 cm³/mol. The van der Waals surface area contributed by atoms with Gasteiger partial charge in [0.25, 0.3) is 0 Å². The van der Waals surface area contributed by atoms with Crippen LogP contribution >= 0.6 is 0 Å². The topological polar surface area (TPSA) is 3.24 Å². The van der Waals surface area contributed by atoms with Crippen LogP contribution in [0.4, 0.5) is 5.69 Å². The fraction of sp³-hybridized carbons (Fsp3) is 0.357. The molecule has 29 heavy (non-hydrogen) atoms. The highest BCUT2D eigenvalue weighted by molar-refractivity contribution is 5.51. The molecule has 0 radical (unpaired) electrons. The Bertz CT molecular complexity index is 786. The number of benzene rings is 3. The van der Waals surface area contributed by atoms with E-state index in [1.807, 2.05) is 0 Å². The quantitative estimate of drug-likeness (QED) is 0.342. The molecule has 3 rings (SSSR count). The van der Waals surface area contributed by atoms with Crippen molar-refractivity contribution in [2.75, 3.05) is 18.0 Å². The van der Waals surface area contributed by atoms with Crippen molar-refractivity contribution >= 4 is 5.69 Å². The van der Waals surface area contributed by atoms with E-state index in [2.05, 4.69) is 111 Å². The zero-order chi connectivity index (χ0) is 20.6. The SMILES string of the molecule is CCC(CC)c1ccc(C(c2ccccc2)c2ccc(N(CC)CC)cc2)cc1. The Morgan fingerprint density at radius 1 is 0.552 bits per heavy atom. The van der Waals surface area contributed by atoms with Gasteiger partial charge in [-0.25, -0.2) is 0 Å². The molecule has 0 saturated carbocycles. The third-order valence-corrected chi connectivity index (χ3v) is 6.21. The van der Waals surface area contributed by atoms with Crippen molar-refractivity contribution in [3.63, 3.8) is 0 Å². The van der Waals surface area contributed by atoms with E-state index in [0.29, 0.717) is 5.92 Å². The van der Waals surface area contributed by atoms with Crippen LogP contribution in [-0.4, -0.2) is 13.1 Å². The van der Waals surface area contributed by atoms with Crippen molar-refractivity contribution in [2.45, 2.75) is 52.4 Å². The molecule has 0 bridgehead atoms. The molecular formula is C28H35N. The molecule has 0 aromatic heterocycles. The van der Waals surface area contributed by atoms with Crippen LogP contribution in [0.2, 0.25) is 0 Å². The summed E-state index contributed by atoms with van der Waals surface area (Å²) in [6, 6.07) is 29.4. The van der Waals surface area contributed by atoms with E-state index in [1.54, 1.807) is 0 Å². The van der Waals surface area contributed by atoms with Crippen molar-refractivity contribution < 1.29 is 0 Å². The standard InChI is InChI=1S/C28H35N/c1-5-22(6-2)23-14-16-25(17-15-23)28(24-12-10-9-11-13-24)26-18-20-27(21-19-26)29(7-3)8-4/h9-22,28H,5-8H2,1-4H3. The summed E-state index contributed by atoms with van der Waals surface area (Å²) in [7, 11) is 0. The van der Waals surface area contributed by atoms with Gasteiger partial charge < -0.3 is 4.90 Å². The van der Waals surface area contributed by atoms with E-state index >= 15 is 0 Å². The average Bonchev–Trinajstić information content (AvgIpc) is 2.78. The van der Waals surface area contributed by atoms with E-state index < -0.39 is 0 Å². The Labute approximate surface area is 177 Å². The molecule has 3 aromatic carbocycles. The van der Waals surface area contributed by atoms with Gasteiger partial charge in [-0.05, 0) is 67.0 Å². The summed E-state index contributed by atoms with van der Waals surface area (Å²) >= 11 is 0. The van der Waals surface area contributed by atoms with Gasteiger partial charge in [-0.3, -0.25) is 0 Å². The second-order valence-electron chi connectivity index (χ2n) is 7.79. The highest BCUT2D eigenvalue weighted by Crippen LogP contribution is 2.34. The molecule has 0 heterocycles.